The maximum absolute atomic E-state index is 6.43. The van der Waals surface area contributed by atoms with Crippen LogP contribution in [0.5, 0.6) is 0 Å². The second kappa shape index (κ2) is 6.68. The lowest BCUT2D eigenvalue weighted by Crippen LogP contribution is -2.59. The van der Waals surface area contributed by atoms with Gasteiger partial charge in [-0.3, -0.25) is 9.80 Å². The second-order valence-corrected chi connectivity index (χ2v) is 7.01. The number of piperazine rings is 1. The van der Waals surface area contributed by atoms with Gasteiger partial charge in [-0.05, 0) is 44.4 Å². The van der Waals surface area contributed by atoms with E-state index in [2.05, 4.69) is 35.8 Å². The van der Waals surface area contributed by atoms with Crippen molar-refractivity contribution in [1.82, 2.24) is 9.80 Å². The van der Waals surface area contributed by atoms with Gasteiger partial charge in [0.1, 0.15) is 0 Å². The number of benzene rings is 1. The summed E-state index contributed by atoms with van der Waals surface area (Å²) in [7, 11) is 0. The molecular weight excluding hydrogens is 280 g/mol. The van der Waals surface area contributed by atoms with Gasteiger partial charge in [-0.25, -0.2) is 0 Å². The molecule has 2 saturated heterocycles. The highest BCUT2D eigenvalue weighted by Gasteiger charge is 2.36. The van der Waals surface area contributed by atoms with Gasteiger partial charge in [-0.15, -0.1) is 0 Å². The number of halogens is 1. The molecule has 2 heterocycles. The lowest BCUT2D eigenvalue weighted by atomic mass is 9.93. The lowest BCUT2D eigenvalue weighted by molar-refractivity contribution is -0.0123. The minimum Gasteiger partial charge on any atom is -0.298 e. The SMILES string of the molecule is CCC1CN2CCCCC2CN1C(C)c1ccccc1Cl. The maximum Gasteiger partial charge on any atom is 0.0453 e. The van der Waals surface area contributed by atoms with E-state index in [0.29, 0.717) is 12.1 Å². The Labute approximate surface area is 134 Å². The molecular formula is C18H27ClN2. The summed E-state index contributed by atoms with van der Waals surface area (Å²) < 4.78 is 0. The lowest BCUT2D eigenvalue weighted by Gasteiger charge is -2.50. The first-order chi connectivity index (χ1) is 10.2. The topological polar surface area (TPSA) is 6.48 Å². The Kier molecular flexibility index (Phi) is 4.88. The van der Waals surface area contributed by atoms with Crippen LogP contribution in [0.1, 0.15) is 51.1 Å². The summed E-state index contributed by atoms with van der Waals surface area (Å²) in [5.41, 5.74) is 1.28. The van der Waals surface area contributed by atoms with Crippen LogP contribution in [0.25, 0.3) is 0 Å². The largest absolute Gasteiger partial charge is 0.298 e. The molecule has 3 unspecified atom stereocenters. The number of hydrogen-bond donors (Lipinski definition) is 0. The Morgan fingerprint density at radius 2 is 2.05 bits per heavy atom. The Morgan fingerprint density at radius 3 is 2.81 bits per heavy atom. The molecule has 0 saturated carbocycles. The molecule has 2 fully saturated rings. The third kappa shape index (κ3) is 3.13. The van der Waals surface area contributed by atoms with Crippen LogP contribution < -0.4 is 0 Å². The Bertz CT molecular complexity index is 476. The molecule has 2 aliphatic heterocycles. The van der Waals surface area contributed by atoms with E-state index in [1.807, 2.05) is 12.1 Å². The van der Waals surface area contributed by atoms with Gasteiger partial charge in [0, 0.05) is 36.2 Å². The number of piperidine rings is 1. The highest BCUT2D eigenvalue weighted by Crippen LogP contribution is 2.34. The summed E-state index contributed by atoms with van der Waals surface area (Å²) in [6, 6.07) is 10.2. The van der Waals surface area contributed by atoms with E-state index in [-0.39, 0.29) is 0 Å². The van der Waals surface area contributed by atoms with Crippen molar-refractivity contribution >= 4 is 11.6 Å². The first-order valence-electron chi connectivity index (χ1n) is 8.45. The molecule has 0 spiro atoms. The average molecular weight is 307 g/mol. The Balaban J connectivity index is 1.80. The molecule has 2 nitrogen and oxygen atoms in total. The first kappa shape index (κ1) is 15.3. The Morgan fingerprint density at radius 1 is 1.24 bits per heavy atom. The Hall–Kier alpha value is -0.570. The van der Waals surface area contributed by atoms with Crippen molar-refractivity contribution in [2.75, 3.05) is 19.6 Å². The molecule has 0 amide bonds. The van der Waals surface area contributed by atoms with Gasteiger partial charge in [0.2, 0.25) is 0 Å². The smallest absolute Gasteiger partial charge is 0.0453 e. The van der Waals surface area contributed by atoms with Crippen LogP contribution in [0.2, 0.25) is 5.02 Å². The van der Waals surface area contributed by atoms with Crippen LogP contribution in [0.15, 0.2) is 24.3 Å². The quantitative estimate of drug-likeness (QED) is 0.819. The highest BCUT2D eigenvalue weighted by molar-refractivity contribution is 6.31. The minimum atomic E-state index is 0.410. The molecule has 21 heavy (non-hydrogen) atoms. The van der Waals surface area contributed by atoms with Crippen LogP contribution in [0.4, 0.5) is 0 Å². The van der Waals surface area contributed by atoms with Crippen molar-refractivity contribution in [3.05, 3.63) is 34.9 Å². The first-order valence-corrected chi connectivity index (χ1v) is 8.82. The van der Waals surface area contributed by atoms with Crippen molar-refractivity contribution < 1.29 is 0 Å². The molecule has 0 N–H and O–H groups in total. The monoisotopic (exact) mass is 306 g/mol. The molecule has 1 aromatic rings. The average Bonchev–Trinajstić information content (AvgIpc) is 2.53. The third-order valence-corrected chi connectivity index (χ3v) is 5.75. The molecule has 1 aromatic carbocycles. The fourth-order valence-electron chi connectivity index (χ4n) is 4.11. The van der Waals surface area contributed by atoms with E-state index in [4.69, 9.17) is 11.6 Å². The summed E-state index contributed by atoms with van der Waals surface area (Å²) in [5.74, 6) is 0. The van der Waals surface area contributed by atoms with Crippen molar-refractivity contribution in [2.45, 2.75) is 57.7 Å². The van der Waals surface area contributed by atoms with Gasteiger partial charge < -0.3 is 0 Å². The van der Waals surface area contributed by atoms with Crippen molar-refractivity contribution in [1.29, 1.82) is 0 Å². The second-order valence-electron chi connectivity index (χ2n) is 6.60. The summed E-state index contributed by atoms with van der Waals surface area (Å²) >= 11 is 6.43. The fraction of sp³-hybridized carbons (Fsp3) is 0.667. The van der Waals surface area contributed by atoms with Gasteiger partial charge in [0.05, 0.1) is 0 Å². The number of rotatable bonds is 3. The van der Waals surface area contributed by atoms with E-state index in [9.17, 15) is 0 Å². The van der Waals surface area contributed by atoms with Crippen LogP contribution >= 0.6 is 11.6 Å². The van der Waals surface area contributed by atoms with E-state index in [1.54, 1.807) is 0 Å². The predicted molar refractivity (Wildman–Crippen MR) is 89.9 cm³/mol. The third-order valence-electron chi connectivity index (χ3n) is 5.41. The molecule has 3 heteroatoms. The van der Waals surface area contributed by atoms with Crippen LogP contribution in [-0.4, -0.2) is 41.5 Å². The molecule has 0 bridgehead atoms. The standard InChI is InChI=1S/C18H27ClN2/c1-3-15-12-20-11-7-6-8-16(20)13-21(15)14(2)17-9-4-5-10-18(17)19/h4-5,9-10,14-16H,3,6-8,11-13H2,1-2H3. The maximum atomic E-state index is 6.43. The van der Waals surface area contributed by atoms with Crippen molar-refractivity contribution in [3.63, 3.8) is 0 Å². The van der Waals surface area contributed by atoms with Gasteiger partial charge in [0.25, 0.3) is 0 Å². The van der Waals surface area contributed by atoms with E-state index < -0.39 is 0 Å². The zero-order chi connectivity index (χ0) is 14.8. The van der Waals surface area contributed by atoms with E-state index in [1.165, 1.54) is 50.9 Å². The summed E-state index contributed by atoms with van der Waals surface area (Å²) in [6.45, 7) is 8.37. The number of nitrogens with zero attached hydrogens (tertiary/aromatic N) is 2. The molecule has 116 valence electrons. The minimum absolute atomic E-state index is 0.410. The molecule has 3 atom stereocenters. The molecule has 3 rings (SSSR count). The van der Waals surface area contributed by atoms with Crippen LogP contribution in [-0.2, 0) is 0 Å². The fourth-order valence-corrected chi connectivity index (χ4v) is 4.40. The molecule has 0 aromatic heterocycles. The van der Waals surface area contributed by atoms with Gasteiger partial charge in [-0.2, -0.15) is 0 Å². The van der Waals surface area contributed by atoms with Crippen molar-refractivity contribution in [2.24, 2.45) is 0 Å². The normalized spacial score (nSPS) is 29.1. The highest BCUT2D eigenvalue weighted by atomic mass is 35.5. The van der Waals surface area contributed by atoms with Gasteiger partial charge in [-0.1, -0.05) is 43.1 Å². The van der Waals surface area contributed by atoms with Gasteiger partial charge in [0.15, 0.2) is 0 Å². The zero-order valence-corrected chi connectivity index (χ0v) is 14.0. The molecule has 2 aliphatic rings. The zero-order valence-electron chi connectivity index (χ0n) is 13.3. The van der Waals surface area contributed by atoms with Gasteiger partial charge >= 0.3 is 0 Å². The predicted octanol–water partition coefficient (Wildman–Crippen LogP) is 4.35. The van der Waals surface area contributed by atoms with E-state index in [0.717, 1.165) is 11.1 Å². The molecule has 0 radical (unpaired) electrons. The van der Waals surface area contributed by atoms with E-state index >= 15 is 0 Å². The summed E-state index contributed by atoms with van der Waals surface area (Å²) in [4.78, 5) is 5.43. The summed E-state index contributed by atoms with van der Waals surface area (Å²) in [5, 5.41) is 0.908. The number of hydrogen-bond acceptors (Lipinski definition) is 2. The van der Waals surface area contributed by atoms with Crippen LogP contribution in [0.3, 0.4) is 0 Å². The number of fused-ring (bicyclic) bond motifs is 1. The van der Waals surface area contributed by atoms with Crippen molar-refractivity contribution in [3.8, 4) is 0 Å². The van der Waals surface area contributed by atoms with Crippen LogP contribution in [0, 0.1) is 0 Å². The molecule has 0 aliphatic carbocycles. The summed E-state index contributed by atoms with van der Waals surface area (Å²) in [6.07, 6.45) is 5.36.